The van der Waals surface area contributed by atoms with Crippen molar-refractivity contribution < 1.29 is 8.81 Å². The molecule has 0 saturated heterocycles. The molecule has 0 unspecified atom stereocenters. The highest BCUT2D eigenvalue weighted by molar-refractivity contribution is 9.10. The normalized spacial score (nSPS) is 11.3. The van der Waals surface area contributed by atoms with Crippen LogP contribution in [0, 0.1) is 5.82 Å². The maximum absolute atomic E-state index is 13.7. The van der Waals surface area contributed by atoms with Gasteiger partial charge in [0, 0.05) is 21.0 Å². The van der Waals surface area contributed by atoms with Crippen LogP contribution in [0.15, 0.2) is 67.9 Å². The van der Waals surface area contributed by atoms with Crippen molar-refractivity contribution >= 4 is 61.8 Å². The third-order valence-electron chi connectivity index (χ3n) is 3.90. The molecule has 2 aromatic heterocycles. The molecule has 0 bridgehead atoms. The van der Waals surface area contributed by atoms with Gasteiger partial charge in [-0.15, -0.1) is 11.3 Å². The number of hydrazone groups is 1. The van der Waals surface area contributed by atoms with E-state index in [0.717, 1.165) is 15.8 Å². The minimum absolute atomic E-state index is 0.0297. The molecule has 0 aliphatic heterocycles. The number of hydrogen-bond acceptors (Lipinski definition) is 5. The lowest BCUT2D eigenvalue weighted by molar-refractivity contribution is 0.575. The predicted octanol–water partition coefficient (Wildman–Crippen LogP) is 7.72. The molecular formula is C20H11BrCl2FN3OS. The summed E-state index contributed by atoms with van der Waals surface area (Å²) >= 11 is 16.6. The van der Waals surface area contributed by atoms with E-state index >= 15 is 0 Å². The molecule has 0 amide bonds. The summed E-state index contributed by atoms with van der Waals surface area (Å²) < 4.78 is 20.5. The molecule has 4 aromatic rings. The first-order valence-electron chi connectivity index (χ1n) is 8.25. The molecule has 2 heterocycles. The molecule has 0 aliphatic rings. The molecule has 0 fully saturated rings. The molecule has 146 valence electrons. The number of benzene rings is 2. The van der Waals surface area contributed by atoms with Crippen LogP contribution in [-0.2, 0) is 0 Å². The van der Waals surface area contributed by atoms with Crippen LogP contribution in [0.3, 0.4) is 0 Å². The van der Waals surface area contributed by atoms with Gasteiger partial charge in [-0.25, -0.2) is 9.37 Å². The fraction of sp³-hybridized carbons (Fsp3) is 0. The maximum atomic E-state index is 13.7. The summed E-state index contributed by atoms with van der Waals surface area (Å²) in [5.74, 6) is 0.788. The maximum Gasteiger partial charge on any atom is 0.203 e. The van der Waals surface area contributed by atoms with E-state index in [4.69, 9.17) is 27.6 Å². The van der Waals surface area contributed by atoms with Gasteiger partial charge < -0.3 is 4.42 Å². The van der Waals surface area contributed by atoms with Crippen LogP contribution in [-0.4, -0.2) is 11.2 Å². The Morgan fingerprint density at radius 3 is 2.69 bits per heavy atom. The van der Waals surface area contributed by atoms with E-state index < -0.39 is 5.82 Å². The van der Waals surface area contributed by atoms with E-state index in [0.29, 0.717) is 27.2 Å². The number of nitrogens with zero attached hydrogens (tertiary/aromatic N) is 2. The molecule has 2 aromatic carbocycles. The molecule has 0 saturated carbocycles. The van der Waals surface area contributed by atoms with Crippen molar-refractivity contribution in [1.29, 1.82) is 0 Å². The predicted molar refractivity (Wildman–Crippen MR) is 121 cm³/mol. The minimum atomic E-state index is -0.550. The molecule has 1 N–H and O–H groups in total. The number of aromatic nitrogens is 1. The highest BCUT2D eigenvalue weighted by Crippen LogP contribution is 2.34. The van der Waals surface area contributed by atoms with Crippen LogP contribution in [0.5, 0.6) is 0 Å². The van der Waals surface area contributed by atoms with Gasteiger partial charge >= 0.3 is 0 Å². The Hall–Kier alpha value is -2.19. The Bertz CT molecular complexity index is 1190. The lowest BCUT2D eigenvalue weighted by atomic mass is 10.2. The molecule has 4 nitrogen and oxygen atoms in total. The van der Waals surface area contributed by atoms with Gasteiger partial charge in [-0.3, -0.25) is 5.43 Å². The van der Waals surface area contributed by atoms with Crippen LogP contribution in [0.2, 0.25) is 10.0 Å². The number of anilines is 1. The second-order valence-electron chi connectivity index (χ2n) is 5.86. The summed E-state index contributed by atoms with van der Waals surface area (Å²) in [4.78, 5) is 4.37. The van der Waals surface area contributed by atoms with Gasteiger partial charge in [-0.2, -0.15) is 5.10 Å². The number of thiazole rings is 1. The smallest absolute Gasteiger partial charge is 0.203 e. The molecule has 0 aliphatic carbocycles. The van der Waals surface area contributed by atoms with E-state index in [1.54, 1.807) is 11.6 Å². The number of furan rings is 1. The Morgan fingerprint density at radius 2 is 1.90 bits per heavy atom. The van der Waals surface area contributed by atoms with Crippen molar-refractivity contribution in [2.75, 3.05) is 5.43 Å². The quantitative estimate of drug-likeness (QED) is 0.170. The van der Waals surface area contributed by atoms with Gasteiger partial charge in [0.15, 0.2) is 0 Å². The zero-order chi connectivity index (χ0) is 20.4. The number of halogens is 4. The van der Waals surface area contributed by atoms with E-state index in [1.165, 1.54) is 23.5 Å². The van der Waals surface area contributed by atoms with Gasteiger partial charge in [0.05, 0.1) is 22.0 Å². The Balaban J connectivity index is 1.45. The van der Waals surface area contributed by atoms with E-state index in [9.17, 15) is 4.39 Å². The van der Waals surface area contributed by atoms with Gasteiger partial charge in [-0.1, -0.05) is 51.3 Å². The van der Waals surface area contributed by atoms with Crippen LogP contribution < -0.4 is 5.43 Å². The van der Waals surface area contributed by atoms with Gasteiger partial charge in [0.25, 0.3) is 0 Å². The Kier molecular flexibility index (Phi) is 6.01. The zero-order valence-electron chi connectivity index (χ0n) is 14.5. The molecular weight excluding hydrogens is 500 g/mol. The highest BCUT2D eigenvalue weighted by Gasteiger charge is 2.12. The summed E-state index contributed by atoms with van der Waals surface area (Å²) in [6.07, 6.45) is 1.55. The number of rotatable bonds is 5. The minimum Gasteiger partial charge on any atom is -0.455 e. The molecule has 0 spiro atoms. The fourth-order valence-corrected chi connectivity index (χ4v) is 3.91. The van der Waals surface area contributed by atoms with Crippen LogP contribution in [0.1, 0.15) is 5.76 Å². The zero-order valence-corrected chi connectivity index (χ0v) is 18.4. The second kappa shape index (κ2) is 8.67. The second-order valence-corrected chi connectivity index (χ2v) is 8.45. The van der Waals surface area contributed by atoms with Crippen LogP contribution >= 0.6 is 50.5 Å². The molecule has 29 heavy (non-hydrogen) atoms. The number of nitrogens with one attached hydrogen (secondary N) is 1. The third kappa shape index (κ3) is 4.70. The van der Waals surface area contributed by atoms with Crippen LogP contribution in [0.25, 0.3) is 22.6 Å². The van der Waals surface area contributed by atoms with Gasteiger partial charge in [0.1, 0.15) is 17.3 Å². The van der Waals surface area contributed by atoms with Crippen molar-refractivity contribution in [2.45, 2.75) is 0 Å². The SMILES string of the molecule is Fc1cc(-c2csc(N/N=C/c3ccc(-c4ccc(Br)cc4)o3)n2)c(Cl)cc1Cl. The molecule has 0 atom stereocenters. The lowest BCUT2D eigenvalue weighted by Crippen LogP contribution is -1.90. The van der Waals surface area contributed by atoms with Crippen molar-refractivity contribution in [3.63, 3.8) is 0 Å². The number of hydrogen-bond donors (Lipinski definition) is 1. The summed E-state index contributed by atoms with van der Waals surface area (Å²) in [6.45, 7) is 0. The van der Waals surface area contributed by atoms with E-state index in [-0.39, 0.29) is 5.02 Å². The summed E-state index contributed by atoms with van der Waals surface area (Å²) in [5, 5.41) is 6.72. The first kappa shape index (κ1) is 20.1. The Labute approximate surface area is 188 Å². The standard InChI is InChI=1S/C20H11BrCl2FN3OS/c21-12-3-1-11(2-4-12)19-6-5-13(28-19)9-25-27-20-26-18(10-29-20)14-7-17(24)16(23)8-15(14)22/h1-10H,(H,26,27)/b25-9+. The van der Waals surface area contributed by atoms with E-state index in [2.05, 4.69) is 31.4 Å². The topological polar surface area (TPSA) is 50.4 Å². The van der Waals surface area contributed by atoms with E-state index in [1.807, 2.05) is 36.4 Å². The molecule has 0 radical (unpaired) electrons. The summed E-state index contributed by atoms with van der Waals surface area (Å²) in [5.41, 5.74) is 4.80. The van der Waals surface area contributed by atoms with Crippen LogP contribution in [0.4, 0.5) is 9.52 Å². The third-order valence-corrected chi connectivity index (χ3v) is 5.78. The average Bonchev–Trinajstić information content (AvgIpc) is 3.35. The van der Waals surface area contributed by atoms with Crippen molar-refractivity contribution in [3.8, 4) is 22.6 Å². The lowest BCUT2D eigenvalue weighted by Gasteiger charge is -2.02. The largest absolute Gasteiger partial charge is 0.455 e. The van der Waals surface area contributed by atoms with Crippen molar-refractivity contribution in [3.05, 3.63) is 80.0 Å². The Morgan fingerprint density at radius 1 is 1.10 bits per heavy atom. The monoisotopic (exact) mass is 509 g/mol. The average molecular weight is 511 g/mol. The highest BCUT2D eigenvalue weighted by atomic mass is 79.9. The molecule has 9 heteroatoms. The van der Waals surface area contributed by atoms with Crippen molar-refractivity contribution in [2.24, 2.45) is 5.10 Å². The summed E-state index contributed by atoms with van der Waals surface area (Å²) in [6, 6.07) is 14.2. The first-order chi connectivity index (χ1) is 14.0. The van der Waals surface area contributed by atoms with Crippen molar-refractivity contribution in [1.82, 2.24) is 4.98 Å². The summed E-state index contributed by atoms with van der Waals surface area (Å²) in [7, 11) is 0. The van der Waals surface area contributed by atoms with Gasteiger partial charge in [0.2, 0.25) is 5.13 Å². The van der Waals surface area contributed by atoms with Gasteiger partial charge in [-0.05, 0) is 36.4 Å². The fourth-order valence-electron chi connectivity index (χ4n) is 2.51. The first-order valence-corrected chi connectivity index (χ1v) is 10.7. The molecule has 4 rings (SSSR count).